The van der Waals surface area contributed by atoms with Crippen molar-refractivity contribution in [3.63, 3.8) is 0 Å². The van der Waals surface area contributed by atoms with E-state index in [1.54, 1.807) is 0 Å². The van der Waals surface area contributed by atoms with Gasteiger partial charge in [-0.05, 0) is 38.0 Å². The third-order valence-corrected chi connectivity index (χ3v) is 4.40. The van der Waals surface area contributed by atoms with E-state index in [2.05, 4.69) is 29.1 Å². The van der Waals surface area contributed by atoms with Crippen LogP contribution in [0.2, 0.25) is 0 Å². The number of hydrogen-bond donors (Lipinski definition) is 3. The summed E-state index contributed by atoms with van der Waals surface area (Å²) in [6, 6.07) is 0.277. The van der Waals surface area contributed by atoms with Gasteiger partial charge in [-0.1, -0.05) is 20.3 Å². The molecule has 1 aliphatic rings. The molecule has 0 spiro atoms. The number of aliphatic hydroxyl groups is 1. The summed E-state index contributed by atoms with van der Waals surface area (Å²) >= 11 is 0. The summed E-state index contributed by atoms with van der Waals surface area (Å²) in [5.74, 6) is 0.501. The predicted octanol–water partition coefficient (Wildman–Crippen LogP) is 1.88. The highest BCUT2D eigenvalue weighted by Gasteiger charge is 2.21. The number of anilines is 1. The van der Waals surface area contributed by atoms with Crippen molar-refractivity contribution in [2.24, 2.45) is 11.7 Å². The van der Waals surface area contributed by atoms with Crippen LogP contribution in [-0.2, 0) is 6.42 Å². The number of aromatic nitrogens is 2. The molecule has 1 aliphatic carbocycles. The maximum absolute atomic E-state index is 11.5. The second-order valence-corrected chi connectivity index (χ2v) is 6.29. The van der Waals surface area contributed by atoms with E-state index in [4.69, 9.17) is 5.73 Å². The number of carbonyl (C=O) groups is 1. The fourth-order valence-electron chi connectivity index (χ4n) is 2.73. The smallest absolute Gasteiger partial charge is 0.252 e. The highest BCUT2D eigenvalue weighted by molar-refractivity contribution is 5.93. The first kappa shape index (κ1) is 16.7. The summed E-state index contributed by atoms with van der Waals surface area (Å²) in [4.78, 5) is 20.3. The zero-order chi connectivity index (χ0) is 16.1. The number of nitrogens with one attached hydrogen (secondary N) is 1. The molecule has 0 unspecified atom stereocenters. The maximum atomic E-state index is 11.5. The first-order valence-corrected chi connectivity index (χ1v) is 8.09. The highest BCUT2D eigenvalue weighted by Crippen LogP contribution is 2.22. The molecule has 6 heteroatoms. The molecule has 0 saturated heterocycles. The molecule has 6 nitrogen and oxygen atoms in total. The Labute approximate surface area is 131 Å². The summed E-state index contributed by atoms with van der Waals surface area (Å²) in [6.45, 7) is 4.24. The van der Waals surface area contributed by atoms with Crippen molar-refractivity contribution in [3.05, 3.63) is 17.5 Å². The van der Waals surface area contributed by atoms with Crippen LogP contribution in [0, 0.1) is 5.92 Å². The van der Waals surface area contributed by atoms with E-state index in [0.717, 1.165) is 44.2 Å². The van der Waals surface area contributed by atoms with Gasteiger partial charge in [0.25, 0.3) is 5.91 Å². The van der Waals surface area contributed by atoms with Gasteiger partial charge in [0.1, 0.15) is 0 Å². The molecule has 0 aliphatic heterocycles. The fourth-order valence-corrected chi connectivity index (χ4v) is 2.73. The third kappa shape index (κ3) is 4.40. The number of hydrogen-bond acceptors (Lipinski definition) is 5. The lowest BCUT2D eigenvalue weighted by molar-refractivity contribution is 0.0998. The van der Waals surface area contributed by atoms with Gasteiger partial charge in [-0.3, -0.25) is 4.79 Å². The normalized spacial score (nSPS) is 23.0. The molecule has 4 N–H and O–H groups in total. The molecule has 1 fully saturated rings. The van der Waals surface area contributed by atoms with E-state index < -0.39 is 5.91 Å². The van der Waals surface area contributed by atoms with Crippen LogP contribution in [0.1, 0.15) is 62.0 Å². The molecule has 1 amide bonds. The minimum Gasteiger partial charge on any atom is -0.393 e. The molecule has 1 saturated carbocycles. The molecule has 1 aromatic rings. The van der Waals surface area contributed by atoms with Gasteiger partial charge in [0, 0.05) is 12.2 Å². The Bertz CT molecular complexity index is 513. The molecule has 1 atom stereocenters. The summed E-state index contributed by atoms with van der Waals surface area (Å²) in [5, 5.41) is 12.9. The van der Waals surface area contributed by atoms with Crippen molar-refractivity contribution in [1.29, 1.82) is 0 Å². The van der Waals surface area contributed by atoms with Crippen LogP contribution in [0.3, 0.4) is 0 Å². The van der Waals surface area contributed by atoms with Crippen LogP contribution in [0.4, 0.5) is 5.95 Å². The number of rotatable bonds is 6. The van der Waals surface area contributed by atoms with E-state index in [1.807, 2.05) is 0 Å². The van der Waals surface area contributed by atoms with Crippen molar-refractivity contribution in [2.45, 2.75) is 64.5 Å². The lowest BCUT2D eigenvalue weighted by Crippen LogP contribution is -2.29. The molecule has 22 heavy (non-hydrogen) atoms. The van der Waals surface area contributed by atoms with Crippen LogP contribution in [0.15, 0.2) is 6.20 Å². The summed E-state index contributed by atoms with van der Waals surface area (Å²) in [7, 11) is 0. The van der Waals surface area contributed by atoms with Gasteiger partial charge in [0.05, 0.1) is 17.4 Å². The molecule has 1 aromatic heterocycles. The van der Waals surface area contributed by atoms with Crippen molar-refractivity contribution >= 4 is 11.9 Å². The molecule has 0 aromatic carbocycles. The van der Waals surface area contributed by atoms with Crippen molar-refractivity contribution in [3.8, 4) is 0 Å². The van der Waals surface area contributed by atoms with E-state index in [9.17, 15) is 9.90 Å². The summed E-state index contributed by atoms with van der Waals surface area (Å²) < 4.78 is 0. The molecule has 1 heterocycles. The summed E-state index contributed by atoms with van der Waals surface area (Å²) in [6.07, 6.45) is 6.49. The Kier molecular flexibility index (Phi) is 5.71. The van der Waals surface area contributed by atoms with Gasteiger partial charge < -0.3 is 16.2 Å². The molecule has 122 valence electrons. The Balaban J connectivity index is 2.11. The monoisotopic (exact) mass is 306 g/mol. The standard InChI is InChI=1S/C16H26N4O2/c1-3-10(2)8-14-13(15(17)22)9-18-16(20-14)19-11-4-6-12(21)7-5-11/h9-12,21H,3-8H2,1-2H3,(H2,17,22)(H,18,19,20)/t10-,11?,12?/m0/s1. The van der Waals surface area contributed by atoms with Crippen molar-refractivity contribution in [2.75, 3.05) is 5.32 Å². The van der Waals surface area contributed by atoms with Crippen LogP contribution in [0.5, 0.6) is 0 Å². The van der Waals surface area contributed by atoms with Crippen LogP contribution in [0.25, 0.3) is 0 Å². The van der Waals surface area contributed by atoms with Crippen molar-refractivity contribution in [1.82, 2.24) is 9.97 Å². The zero-order valence-corrected chi connectivity index (χ0v) is 13.4. The number of carbonyl (C=O) groups excluding carboxylic acids is 1. The van der Waals surface area contributed by atoms with Crippen LogP contribution >= 0.6 is 0 Å². The highest BCUT2D eigenvalue weighted by atomic mass is 16.3. The fraction of sp³-hybridized carbons (Fsp3) is 0.688. The first-order chi connectivity index (χ1) is 10.5. The van der Waals surface area contributed by atoms with E-state index >= 15 is 0 Å². The van der Waals surface area contributed by atoms with E-state index in [-0.39, 0.29) is 12.1 Å². The SMILES string of the molecule is CC[C@H](C)Cc1nc(NC2CCC(O)CC2)ncc1C(N)=O. The maximum Gasteiger partial charge on any atom is 0.252 e. The average Bonchev–Trinajstić information content (AvgIpc) is 2.49. The molecule has 0 radical (unpaired) electrons. The number of nitrogens with zero attached hydrogens (tertiary/aromatic N) is 2. The Morgan fingerprint density at radius 1 is 1.45 bits per heavy atom. The molecule has 0 bridgehead atoms. The predicted molar refractivity (Wildman–Crippen MR) is 85.6 cm³/mol. The number of amides is 1. The molecular formula is C16H26N4O2. The Morgan fingerprint density at radius 3 is 2.73 bits per heavy atom. The quantitative estimate of drug-likeness (QED) is 0.745. The average molecular weight is 306 g/mol. The van der Waals surface area contributed by atoms with E-state index in [1.165, 1.54) is 6.20 Å². The second-order valence-electron chi connectivity index (χ2n) is 6.29. The van der Waals surface area contributed by atoms with Gasteiger partial charge in [0.2, 0.25) is 5.95 Å². The topological polar surface area (TPSA) is 101 Å². The van der Waals surface area contributed by atoms with Crippen LogP contribution < -0.4 is 11.1 Å². The Hall–Kier alpha value is -1.69. The van der Waals surface area contributed by atoms with E-state index in [0.29, 0.717) is 17.4 Å². The summed E-state index contributed by atoms with van der Waals surface area (Å²) in [5.41, 5.74) is 6.54. The molecule has 2 rings (SSSR count). The van der Waals surface area contributed by atoms with Crippen LogP contribution in [-0.4, -0.2) is 33.1 Å². The lowest BCUT2D eigenvalue weighted by Gasteiger charge is -2.26. The lowest BCUT2D eigenvalue weighted by atomic mass is 9.93. The Morgan fingerprint density at radius 2 is 2.14 bits per heavy atom. The number of primary amides is 1. The number of aliphatic hydroxyl groups excluding tert-OH is 1. The van der Waals surface area contributed by atoms with Gasteiger partial charge >= 0.3 is 0 Å². The number of nitrogens with two attached hydrogens (primary N) is 1. The van der Waals surface area contributed by atoms with Gasteiger partial charge in [-0.15, -0.1) is 0 Å². The van der Waals surface area contributed by atoms with Gasteiger partial charge in [0.15, 0.2) is 0 Å². The zero-order valence-electron chi connectivity index (χ0n) is 13.4. The minimum atomic E-state index is -0.481. The largest absolute Gasteiger partial charge is 0.393 e. The minimum absolute atomic E-state index is 0.183. The van der Waals surface area contributed by atoms with Gasteiger partial charge in [-0.2, -0.15) is 0 Å². The van der Waals surface area contributed by atoms with Crippen molar-refractivity contribution < 1.29 is 9.90 Å². The first-order valence-electron chi connectivity index (χ1n) is 8.09. The van der Waals surface area contributed by atoms with Gasteiger partial charge in [-0.25, -0.2) is 9.97 Å². The third-order valence-electron chi connectivity index (χ3n) is 4.40. The molecular weight excluding hydrogens is 280 g/mol. The second kappa shape index (κ2) is 7.54.